The number of hydrogen-bond donors (Lipinski definition) is 1. The summed E-state index contributed by atoms with van der Waals surface area (Å²) in [6.07, 6.45) is 7.27. The second-order valence-electron chi connectivity index (χ2n) is 6.64. The monoisotopic (exact) mass is 286 g/mol. The predicted octanol–water partition coefficient (Wildman–Crippen LogP) is 2.76. The van der Waals surface area contributed by atoms with Crippen LogP contribution in [-0.4, -0.2) is 29.9 Å². The Labute approximate surface area is 127 Å². The summed E-state index contributed by atoms with van der Waals surface area (Å²) in [5.74, 6) is 0.640. The lowest BCUT2D eigenvalue weighted by atomic mass is 9.84. The lowest BCUT2D eigenvalue weighted by Crippen LogP contribution is -2.41. The minimum atomic E-state index is -0.281. The quantitative estimate of drug-likeness (QED) is 0.874. The number of primary amides is 1. The molecule has 1 aromatic carbocycles. The number of rotatable bonds is 6. The summed E-state index contributed by atoms with van der Waals surface area (Å²) >= 11 is 0. The van der Waals surface area contributed by atoms with Crippen molar-refractivity contribution in [3.63, 3.8) is 0 Å². The smallest absolute Gasteiger partial charge is 0.248 e. The van der Waals surface area contributed by atoms with E-state index < -0.39 is 0 Å². The Morgan fingerprint density at radius 3 is 2.81 bits per heavy atom. The van der Waals surface area contributed by atoms with Gasteiger partial charge in [0, 0.05) is 18.2 Å². The number of amides is 1. The summed E-state index contributed by atoms with van der Waals surface area (Å²) in [5, 5.41) is 0. The Hall–Kier alpha value is -1.35. The number of hydrogen-bond acceptors (Lipinski definition) is 2. The predicted molar refractivity (Wildman–Crippen MR) is 85.4 cm³/mol. The Bertz CT molecular complexity index is 522. The summed E-state index contributed by atoms with van der Waals surface area (Å²) in [5.41, 5.74) is 8.82. The number of carbonyl (C=O) groups is 1. The van der Waals surface area contributed by atoms with Gasteiger partial charge in [0.2, 0.25) is 5.91 Å². The van der Waals surface area contributed by atoms with E-state index in [2.05, 4.69) is 17.9 Å². The van der Waals surface area contributed by atoms with Crippen molar-refractivity contribution in [3.05, 3.63) is 34.9 Å². The Kier molecular flexibility index (Phi) is 4.29. The van der Waals surface area contributed by atoms with Gasteiger partial charge in [-0.2, -0.15) is 0 Å². The fraction of sp³-hybridized carbons (Fsp3) is 0.611. The van der Waals surface area contributed by atoms with Gasteiger partial charge >= 0.3 is 0 Å². The Morgan fingerprint density at radius 2 is 2.14 bits per heavy atom. The number of fused-ring (bicyclic) bond motifs is 1. The zero-order valence-corrected chi connectivity index (χ0v) is 13.0. The maximum atomic E-state index is 11.7. The first-order chi connectivity index (χ1) is 10.2. The van der Waals surface area contributed by atoms with Crippen LogP contribution in [0.2, 0.25) is 0 Å². The third-order valence-electron chi connectivity index (χ3n) is 4.94. The van der Waals surface area contributed by atoms with Crippen LogP contribution in [0.1, 0.15) is 54.1 Å². The van der Waals surface area contributed by atoms with E-state index in [4.69, 9.17) is 5.73 Å². The highest BCUT2D eigenvalue weighted by Gasteiger charge is 2.30. The number of aryl methyl sites for hydroxylation is 1. The summed E-state index contributed by atoms with van der Waals surface area (Å²) in [6, 6.07) is 6.59. The van der Waals surface area contributed by atoms with Crippen molar-refractivity contribution in [3.8, 4) is 0 Å². The highest BCUT2D eigenvalue weighted by Crippen LogP contribution is 2.33. The second-order valence-corrected chi connectivity index (χ2v) is 6.64. The van der Waals surface area contributed by atoms with Gasteiger partial charge in [-0.15, -0.1) is 0 Å². The van der Waals surface area contributed by atoms with E-state index in [1.165, 1.54) is 49.9 Å². The van der Waals surface area contributed by atoms with Gasteiger partial charge in [-0.25, -0.2) is 0 Å². The largest absolute Gasteiger partial charge is 0.366 e. The van der Waals surface area contributed by atoms with Gasteiger partial charge in [0.15, 0.2) is 0 Å². The van der Waals surface area contributed by atoms with Crippen LogP contribution in [0.15, 0.2) is 18.2 Å². The summed E-state index contributed by atoms with van der Waals surface area (Å²) in [4.78, 5) is 14.3. The molecule has 114 valence electrons. The van der Waals surface area contributed by atoms with Crippen LogP contribution in [0, 0.1) is 5.92 Å². The minimum absolute atomic E-state index is 0.281. The molecule has 0 spiro atoms. The molecule has 3 heteroatoms. The van der Waals surface area contributed by atoms with Crippen molar-refractivity contribution < 1.29 is 4.79 Å². The Balaban J connectivity index is 1.79. The molecule has 1 fully saturated rings. The summed E-state index contributed by atoms with van der Waals surface area (Å²) in [7, 11) is 0. The normalized spacial score (nSPS) is 21.3. The molecule has 0 aliphatic heterocycles. The van der Waals surface area contributed by atoms with Crippen LogP contribution >= 0.6 is 0 Å². The van der Waals surface area contributed by atoms with Gasteiger partial charge in [0.1, 0.15) is 0 Å². The molecule has 2 N–H and O–H groups in total. The second kappa shape index (κ2) is 6.18. The molecule has 0 heterocycles. The molecule has 1 aromatic rings. The molecule has 3 rings (SSSR count). The molecule has 0 radical (unpaired) electrons. The van der Waals surface area contributed by atoms with Crippen molar-refractivity contribution in [1.29, 1.82) is 0 Å². The topological polar surface area (TPSA) is 46.3 Å². The standard InChI is InChI=1S/C18H26N2O/c1-2-10-20(12-13-6-7-13)15-9-8-14-4-3-5-16(18(19)21)17(14)11-15/h3-5,13,15H,2,6-12H2,1H3,(H2,19,21). The minimum Gasteiger partial charge on any atom is -0.366 e. The van der Waals surface area contributed by atoms with E-state index in [0.717, 1.165) is 24.3 Å². The van der Waals surface area contributed by atoms with E-state index in [1.54, 1.807) is 0 Å². The van der Waals surface area contributed by atoms with Crippen LogP contribution < -0.4 is 5.73 Å². The van der Waals surface area contributed by atoms with Crippen LogP contribution in [-0.2, 0) is 12.8 Å². The van der Waals surface area contributed by atoms with Gasteiger partial charge in [0.25, 0.3) is 0 Å². The van der Waals surface area contributed by atoms with Crippen LogP contribution in [0.4, 0.5) is 0 Å². The third kappa shape index (κ3) is 3.29. The highest BCUT2D eigenvalue weighted by molar-refractivity contribution is 5.94. The number of nitrogens with two attached hydrogens (primary N) is 1. The van der Waals surface area contributed by atoms with E-state index in [9.17, 15) is 4.79 Å². The molecule has 0 bridgehead atoms. The number of benzene rings is 1. The van der Waals surface area contributed by atoms with E-state index in [-0.39, 0.29) is 5.91 Å². The van der Waals surface area contributed by atoms with Crippen molar-refractivity contribution in [2.75, 3.05) is 13.1 Å². The molecular weight excluding hydrogens is 260 g/mol. The molecule has 2 aliphatic rings. The van der Waals surface area contributed by atoms with Crippen molar-refractivity contribution in [2.45, 2.75) is 51.5 Å². The van der Waals surface area contributed by atoms with Gasteiger partial charge in [0.05, 0.1) is 0 Å². The molecule has 2 aliphatic carbocycles. The molecule has 1 atom stereocenters. The number of carbonyl (C=O) groups excluding carboxylic acids is 1. The number of nitrogens with zero attached hydrogens (tertiary/aromatic N) is 1. The molecule has 3 nitrogen and oxygen atoms in total. The van der Waals surface area contributed by atoms with Crippen molar-refractivity contribution in [2.24, 2.45) is 11.7 Å². The molecule has 1 unspecified atom stereocenters. The average molecular weight is 286 g/mol. The zero-order valence-electron chi connectivity index (χ0n) is 13.0. The first kappa shape index (κ1) is 14.6. The maximum Gasteiger partial charge on any atom is 0.248 e. The molecule has 1 saturated carbocycles. The van der Waals surface area contributed by atoms with Crippen LogP contribution in [0.25, 0.3) is 0 Å². The maximum absolute atomic E-state index is 11.7. The molecule has 1 amide bonds. The molecule has 21 heavy (non-hydrogen) atoms. The molecular formula is C18H26N2O. The van der Waals surface area contributed by atoms with Gasteiger partial charge in [-0.3, -0.25) is 9.69 Å². The van der Waals surface area contributed by atoms with E-state index in [1.807, 2.05) is 12.1 Å². The van der Waals surface area contributed by atoms with E-state index in [0.29, 0.717) is 6.04 Å². The van der Waals surface area contributed by atoms with E-state index >= 15 is 0 Å². The highest BCUT2D eigenvalue weighted by atomic mass is 16.1. The first-order valence-electron chi connectivity index (χ1n) is 8.33. The lowest BCUT2D eigenvalue weighted by molar-refractivity contribution is 0.0997. The van der Waals surface area contributed by atoms with Gasteiger partial charge < -0.3 is 5.73 Å². The lowest BCUT2D eigenvalue weighted by Gasteiger charge is -2.35. The fourth-order valence-corrected chi connectivity index (χ4v) is 3.65. The van der Waals surface area contributed by atoms with Crippen LogP contribution in [0.3, 0.4) is 0 Å². The first-order valence-corrected chi connectivity index (χ1v) is 8.33. The SMILES string of the molecule is CCCN(CC1CC1)C1CCc2cccc(C(N)=O)c2C1. The van der Waals surface area contributed by atoms with Crippen molar-refractivity contribution >= 4 is 5.91 Å². The van der Waals surface area contributed by atoms with Crippen molar-refractivity contribution in [1.82, 2.24) is 4.90 Å². The zero-order chi connectivity index (χ0) is 14.8. The van der Waals surface area contributed by atoms with Gasteiger partial charge in [-0.05, 0) is 68.2 Å². The fourth-order valence-electron chi connectivity index (χ4n) is 3.65. The third-order valence-corrected chi connectivity index (χ3v) is 4.94. The summed E-state index contributed by atoms with van der Waals surface area (Å²) < 4.78 is 0. The summed E-state index contributed by atoms with van der Waals surface area (Å²) in [6.45, 7) is 4.67. The molecule has 0 aromatic heterocycles. The Morgan fingerprint density at radius 1 is 1.33 bits per heavy atom. The average Bonchev–Trinajstić information content (AvgIpc) is 3.29. The molecule has 0 saturated heterocycles. The van der Waals surface area contributed by atoms with Crippen LogP contribution in [0.5, 0.6) is 0 Å². The van der Waals surface area contributed by atoms with Gasteiger partial charge in [-0.1, -0.05) is 19.1 Å².